The molecule has 0 saturated heterocycles. The van der Waals surface area contributed by atoms with Gasteiger partial charge in [-0.3, -0.25) is 0 Å². The van der Waals surface area contributed by atoms with E-state index in [9.17, 15) is 0 Å². The van der Waals surface area contributed by atoms with Crippen molar-refractivity contribution < 1.29 is 0 Å². The molecule has 0 nitrogen and oxygen atoms in total. The summed E-state index contributed by atoms with van der Waals surface area (Å²) in [5.41, 5.74) is 32.6. The van der Waals surface area contributed by atoms with Crippen LogP contribution < -0.4 is 32.8 Å². The molecule has 0 spiro atoms. The van der Waals surface area contributed by atoms with Gasteiger partial charge in [-0.1, -0.05) is 417 Å². The van der Waals surface area contributed by atoms with Crippen molar-refractivity contribution in [2.24, 2.45) is 0 Å². The Balaban J connectivity index is 0.000000156. The average molecular weight is 1580 g/mol. The highest BCUT2D eigenvalue weighted by Gasteiger charge is 2.42. The molecule has 0 saturated carbocycles. The van der Waals surface area contributed by atoms with Gasteiger partial charge < -0.3 is 0 Å². The van der Waals surface area contributed by atoms with E-state index in [2.05, 4.69) is 409 Å². The average Bonchev–Trinajstić information content (AvgIpc) is 0.721. The van der Waals surface area contributed by atoms with Gasteiger partial charge in [0.05, 0.1) is 0 Å². The second kappa shape index (κ2) is 29.0. The molecule has 0 aromatic heterocycles. The second-order valence-corrected chi connectivity index (χ2v) is 42.9. The maximum atomic E-state index is 2.51. The second-order valence-electron chi connectivity index (χ2n) is 38.5. The van der Waals surface area contributed by atoms with Gasteiger partial charge in [-0.25, -0.2) is 0 Å². The molecule has 4 heterocycles. The minimum absolute atomic E-state index is 0.0536. The predicted molar refractivity (Wildman–Crippen MR) is 515 cm³/mol. The van der Waals surface area contributed by atoms with Crippen molar-refractivity contribution in [2.75, 3.05) is 0 Å². The Kier molecular flexibility index (Phi) is 19.1. The first-order valence-electron chi connectivity index (χ1n) is 41.9. The summed E-state index contributed by atoms with van der Waals surface area (Å²) in [4.78, 5) is 11.1. The summed E-state index contributed by atoms with van der Waals surface area (Å²) in [6, 6.07) is 112. The van der Waals surface area contributed by atoms with Crippen LogP contribution in [-0.4, -0.2) is 13.4 Å². The lowest BCUT2D eigenvalue weighted by atomic mass is 9.36. The van der Waals surface area contributed by atoms with Crippen LogP contribution in [0.2, 0.25) is 0 Å². The molecule has 574 valence electrons. The first-order chi connectivity index (χ1) is 56.0. The van der Waals surface area contributed by atoms with Crippen LogP contribution in [0.15, 0.2) is 330 Å². The summed E-state index contributed by atoms with van der Waals surface area (Å²) in [5, 5.41) is 10.3. The van der Waals surface area contributed by atoms with E-state index in [-0.39, 0.29) is 40.5 Å². The summed E-state index contributed by atoms with van der Waals surface area (Å²) in [6.45, 7) is 40.1. The summed E-state index contributed by atoms with van der Waals surface area (Å²) in [7, 11) is 0. The molecule has 6 heteroatoms. The van der Waals surface area contributed by atoms with E-state index in [0.29, 0.717) is 5.92 Å². The molecule has 0 N–H and O–H groups in total. The lowest BCUT2D eigenvalue weighted by Gasteiger charge is -2.35. The summed E-state index contributed by atoms with van der Waals surface area (Å²) < 4.78 is 0. The predicted octanol–water partition coefficient (Wildman–Crippen LogP) is 28.5. The lowest BCUT2D eigenvalue weighted by Crippen LogP contribution is -2.58. The van der Waals surface area contributed by atoms with E-state index in [4.69, 9.17) is 0 Å². The van der Waals surface area contributed by atoms with Gasteiger partial charge in [0, 0.05) is 39.2 Å². The van der Waals surface area contributed by atoms with Crippen LogP contribution in [0.4, 0.5) is 0 Å². The van der Waals surface area contributed by atoms with Crippen LogP contribution in [0.3, 0.4) is 0 Å². The molecule has 0 fully saturated rings. The Morgan fingerprint density at radius 3 is 0.709 bits per heavy atom. The van der Waals surface area contributed by atoms with Gasteiger partial charge in [0.15, 0.2) is 0 Å². The van der Waals surface area contributed by atoms with Gasteiger partial charge in [-0.15, -0.1) is 0 Å². The van der Waals surface area contributed by atoms with Crippen molar-refractivity contribution >= 4 is 136 Å². The standard InChI is InChI=1S/C56H51BS2.C55H49BS2/c1-54(2,3)38-23-25-45-47(32-38)58-49-30-36(31-50-53(49)57(45)46-26-24-39(55(4,5)6)33-48(46)59-50)35-27-37(29-40(28-35)56(7,8)9)52-43-21-15-13-19-41(43)51(34-17-11-10-12-18-34)42-20-14-16-22-44(42)52;1-33(2)35-26-36(28-38(27-35)52-43-20-14-12-18-41(43)51(34-16-10-9-11-17-34)42-19-13-15-21-44(42)52)37-29-49-53-50(30-37)58-48-32-40(55(6,7)8)23-25-46(48)56(53)45-24-22-39(54(3,4)5)31-47(45)57-49/h10-33H,1-9H3;9-33H,1-8H3. The van der Waals surface area contributed by atoms with Crippen molar-refractivity contribution in [3.63, 3.8) is 0 Å². The molecule has 16 aromatic rings. The molecule has 0 atom stereocenters. The minimum Gasteiger partial charge on any atom is -0.0911 e. The highest BCUT2D eigenvalue weighted by molar-refractivity contribution is 8.02. The smallest absolute Gasteiger partial charge is 0.0911 e. The zero-order valence-electron chi connectivity index (χ0n) is 70.6. The van der Waals surface area contributed by atoms with Crippen LogP contribution in [0, 0.1) is 0 Å². The van der Waals surface area contributed by atoms with Crippen LogP contribution in [0.1, 0.15) is 157 Å². The fourth-order valence-electron chi connectivity index (χ4n) is 18.6. The highest BCUT2D eigenvalue weighted by atomic mass is 32.2. The molecule has 16 aromatic carbocycles. The van der Waals surface area contributed by atoms with E-state index in [0.717, 1.165) is 0 Å². The summed E-state index contributed by atoms with van der Waals surface area (Å²) in [5.74, 6) is 0.370. The maximum Gasteiger partial charge on any atom is 0.247 e. The summed E-state index contributed by atoms with van der Waals surface area (Å²) >= 11 is 7.89. The first kappa shape index (κ1) is 77.0. The number of fused-ring (bicyclic) bond motifs is 12. The Labute approximate surface area is 711 Å². The fraction of sp³-hybridized carbons (Fsp3) is 0.207. The zero-order chi connectivity index (χ0) is 81.1. The topological polar surface area (TPSA) is 0 Å². The molecule has 0 unspecified atom stereocenters. The first-order valence-corrected chi connectivity index (χ1v) is 45.2. The SMILES string of the molecule is CC(C)(C)c1cc(-c2cc3c4c(c2)Sc2cc(C(C)(C)C)ccc2B4c2ccc(C(C)(C)C)cc2S3)cc(-c2c3ccccc3c(-c3ccccc3)c3ccccc23)c1.CC(C)c1cc(-c2cc3c4c(c2)Sc2cc(C(C)(C)C)ccc2B4c2ccc(C(C)(C)C)cc2S3)cc(-c2c3ccccc3c(-c3ccccc3)c3ccccc23)c1. The zero-order valence-corrected chi connectivity index (χ0v) is 73.8. The van der Waals surface area contributed by atoms with E-state index >= 15 is 0 Å². The van der Waals surface area contributed by atoms with Gasteiger partial charge in [-0.2, -0.15) is 0 Å². The molecule has 0 aliphatic carbocycles. The van der Waals surface area contributed by atoms with Gasteiger partial charge in [0.1, 0.15) is 0 Å². The number of benzene rings is 16. The lowest BCUT2D eigenvalue weighted by molar-refractivity contribution is 0.588. The van der Waals surface area contributed by atoms with E-state index in [1.54, 1.807) is 0 Å². The summed E-state index contributed by atoms with van der Waals surface area (Å²) in [6.07, 6.45) is 0. The molecular weight excluding hydrogens is 1480 g/mol. The molecule has 0 radical (unpaired) electrons. The fourth-order valence-corrected chi connectivity index (χ4v) is 23.7. The largest absolute Gasteiger partial charge is 0.247 e. The van der Waals surface area contributed by atoms with E-state index in [1.807, 2.05) is 47.0 Å². The third-order valence-corrected chi connectivity index (χ3v) is 29.6. The van der Waals surface area contributed by atoms with Crippen molar-refractivity contribution in [3.05, 3.63) is 325 Å². The van der Waals surface area contributed by atoms with E-state index < -0.39 is 0 Å². The van der Waals surface area contributed by atoms with Crippen molar-refractivity contribution in [1.82, 2.24) is 0 Å². The van der Waals surface area contributed by atoms with Gasteiger partial charge >= 0.3 is 0 Å². The minimum atomic E-state index is -0.0536. The normalized spacial score (nSPS) is 13.6. The van der Waals surface area contributed by atoms with E-state index in [1.165, 1.54) is 215 Å². The Bertz CT molecular complexity index is 6460. The van der Waals surface area contributed by atoms with Crippen molar-refractivity contribution in [2.45, 2.75) is 190 Å². The Hall–Kier alpha value is -9.91. The third kappa shape index (κ3) is 13.8. The molecule has 0 bridgehead atoms. The molecule has 4 aliphatic rings. The maximum absolute atomic E-state index is 2.51. The molecule has 20 rings (SSSR count). The molecular formula is C111H100B2S4. The van der Waals surface area contributed by atoms with Gasteiger partial charge in [-0.05, 0) is 248 Å². The van der Waals surface area contributed by atoms with Crippen molar-refractivity contribution in [1.29, 1.82) is 0 Å². The van der Waals surface area contributed by atoms with Crippen LogP contribution in [0.25, 0.3) is 110 Å². The Morgan fingerprint density at radius 2 is 0.436 bits per heavy atom. The number of rotatable bonds is 7. The highest BCUT2D eigenvalue weighted by Crippen LogP contribution is 2.51. The van der Waals surface area contributed by atoms with Gasteiger partial charge in [0.2, 0.25) is 13.4 Å². The molecule has 117 heavy (non-hydrogen) atoms. The monoisotopic (exact) mass is 1580 g/mol. The molecule has 0 amide bonds. The number of hydrogen-bond acceptors (Lipinski definition) is 4. The quantitative estimate of drug-likeness (QED) is 0.115. The van der Waals surface area contributed by atoms with Crippen LogP contribution in [0.5, 0.6) is 0 Å². The van der Waals surface area contributed by atoms with Crippen molar-refractivity contribution in [3.8, 4) is 66.8 Å². The number of hydrogen-bond donors (Lipinski definition) is 0. The molecule has 4 aliphatic heterocycles. The van der Waals surface area contributed by atoms with Crippen LogP contribution >= 0.6 is 47.0 Å². The Morgan fingerprint density at radius 1 is 0.205 bits per heavy atom. The van der Waals surface area contributed by atoms with Crippen LogP contribution in [-0.2, 0) is 27.1 Å². The third-order valence-electron chi connectivity index (χ3n) is 25.1. The van der Waals surface area contributed by atoms with Gasteiger partial charge in [0.25, 0.3) is 0 Å².